The number of rotatable bonds is 5. The number of ether oxygens (including phenoxy) is 1. The molecule has 5 heteroatoms. The predicted octanol–water partition coefficient (Wildman–Crippen LogP) is 5.42. The van der Waals surface area contributed by atoms with E-state index in [-0.39, 0.29) is 11.6 Å². The minimum absolute atomic E-state index is 0.0152. The van der Waals surface area contributed by atoms with Gasteiger partial charge in [0.2, 0.25) is 5.88 Å². The van der Waals surface area contributed by atoms with E-state index in [1.807, 2.05) is 30.6 Å². The molecule has 2 aromatic rings. The number of hydrogen-bond donors (Lipinski definition) is 0. The molecule has 0 bridgehead atoms. The Bertz CT molecular complexity index is 829. The molecule has 0 radical (unpaired) electrons. The van der Waals surface area contributed by atoms with Gasteiger partial charge in [-0.05, 0) is 62.7 Å². The Kier molecular flexibility index (Phi) is 5.93. The van der Waals surface area contributed by atoms with Crippen LogP contribution in [0.25, 0.3) is 0 Å². The van der Waals surface area contributed by atoms with Crippen LogP contribution in [0.1, 0.15) is 37.9 Å². The Morgan fingerprint density at radius 3 is 2.57 bits per heavy atom. The number of aromatic nitrogens is 1. The zero-order chi connectivity index (χ0) is 19.4. The lowest BCUT2D eigenvalue weighted by Gasteiger charge is -2.44. The van der Waals surface area contributed by atoms with Crippen molar-refractivity contribution >= 4 is 22.1 Å². The maximum absolute atomic E-state index is 6.41. The van der Waals surface area contributed by atoms with Crippen LogP contribution in [-0.2, 0) is 0 Å². The minimum Gasteiger partial charge on any atom is -0.469 e. The number of aliphatic imine (C=N–C) groups is 1. The molecule has 28 heavy (non-hydrogen) atoms. The minimum atomic E-state index is 0.0152. The Morgan fingerprint density at radius 2 is 1.93 bits per heavy atom. The van der Waals surface area contributed by atoms with Crippen molar-refractivity contribution in [3.63, 3.8) is 0 Å². The molecule has 1 aromatic heterocycles. The number of piperidine rings is 1. The smallest absolute Gasteiger partial charge is 0.213 e. The number of nitrogens with zero attached hydrogens (tertiary/aromatic N) is 3. The lowest BCUT2D eigenvalue weighted by molar-refractivity contribution is 0.0425. The van der Waals surface area contributed by atoms with Gasteiger partial charge in [-0.3, -0.25) is 9.89 Å². The molecule has 0 spiro atoms. The van der Waals surface area contributed by atoms with Gasteiger partial charge in [-0.2, -0.15) is 0 Å². The standard InChI is InChI=1S/C23H26BrN3O/c1-23(11-14-25-15-12-23)27-16-9-19(10-17-27)22(18-5-7-20(24)8-6-18)28-21-4-2-3-13-26-21/h2-8,11,13-15,19,22H,9-10,12,16-17H2,1H3. The van der Waals surface area contributed by atoms with Gasteiger partial charge >= 0.3 is 0 Å². The Labute approximate surface area is 175 Å². The van der Waals surface area contributed by atoms with Gasteiger partial charge in [-0.25, -0.2) is 4.98 Å². The van der Waals surface area contributed by atoms with Gasteiger partial charge in [0.25, 0.3) is 0 Å². The van der Waals surface area contributed by atoms with Crippen molar-refractivity contribution in [3.8, 4) is 5.88 Å². The van der Waals surface area contributed by atoms with Crippen molar-refractivity contribution in [2.75, 3.05) is 13.1 Å². The molecular formula is C23H26BrN3O. The molecule has 4 rings (SSSR count). The highest BCUT2D eigenvalue weighted by atomic mass is 79.9. The van der Waals surface area contributed by atoms with E-state index in [9.17, 15) is 0 Å². The summed E-state index contributed by atoms with van der Waals surface area (Å²) in [6.07, 6.45) is 11.2. The van der Waals surface area contributed by atoms with E-state index in [1.54, 1.807) is 6.20 Å². The van der Waals surface area contributed by atoms with Crippen molar-refractivity contribution in [3.05, 3.63) is 71.0 Å². The average Bonchev–Trinajstić information content (AvgIpc) is 2.74. The van der Waals surface area contributed by atoms with E-state index >= 15 is 0 Å². The molecule has 0 amide bonds. The third-order valence-corrected chi connectivity index (χ3v) is 6.43. The molecule has 1 saturated heterocycles. The van der Waals surface area contributed by atoms with E-state index in [4.69, 9.17) is 4.74 Å². The maximum atomic E-state index is 6.41. The largest absolute Gasteiger partial charge is 0.469 e. The molecule has 2 aliphatic rings. The van der Waals surface area contributed by atoms with Crippen LogP contribution in [0, 0.1) is 5.92 Å². The highest BCUT2D eigenvalue weighted by Crippen LogP contribution is 2.37. The monoisotopic (exact) mass is 439 g/mol. The summed E-state index contributed by atoms with van der Waals surface area (Å²) in [5.74, 6) is 1.15. The fourth-order valence-electron chi connectivity index (χ4n) is 4.15. The summed E-state index contributed by atoms with van der Waals surface area (Å²) in [5.41, 5.74) is 1.30. The summed E-state index contributed by atoms with van der Waals surface area (Å²) >= 11 is 3.54. The van der Waals surface area contributed by atoms with Crippen LogP contribution in [0.5, 0.6) is 5.88 Å². The van der Waals surface area contributed by atoms with Gasteiger partial charge in [0.15, 0.2) is 0 Å². The molecular weight excluding hydrogens is 414 g/mol. The van der Waals surface area contributed by atoms with Crippen LogP contribution in [0.4, 0.5) is 0 Å². The average molecular weight is 440 g/mol. The van der Waals surface area contributed by atoms with Crippen molar-refractivity contribution in [1.29, 1.82) is 0 Å². The number of halogens is 1. The molecule has 2 unspecified atom stereocenters. The molecule has 2 aliphatic heterocycles. The van der Waals surface area contributed by atoms with Crippen molar-refractivity contribution in [2.45, 2.75) is 37.8 Å². The van der Waals surface area contributed by atoms with Gasteiger partial charge in [0.1, 0.15) is 6.10 Å². The molecule has 0 saturated carbocycles. The Morgan fingerprint density at radius 1 is 1.14 bits per heavy atom. The van der Waals surface area contributed by atoms with Crippen molar-refractivity contribution in [1.82, 2.24) is 9.88 Å². The fourth-order valence-corrected chi connectivity index (χ4v) is 4.42. The van der Waals surface area contributed by atoms with Crippen LogP contribution in [0.2, 0.25) is 0 Å². The van der Waals surface area contributed by atoms with Crippen molar-refractivity contribution < 1.29 is 4.74 Å². The van der Waals surface area contributed by atoms with Crippen LogP contribution in [0.3, 0.4) is 0 Å². The van der Waals surface area contributed by atoms with Gasteiger partial charge in [-0.1, -0.05) is 34.1 Å². The van der Waals surface area contributed by atoms with E-state index < -0.39 is 0 Å². The molecule has 3 heterocycles. The van der Waals surface area contributed by atoms with E-state index in [0.717, 1.165) is 36.8 Å². The highest BCUT2D eigenvalue weighted by Gasteiger charge is 2.36. The summed E-state index contributed by atoms with van der Waals surface area (Å²) in [6.45, 7) is 4.45. The maximum Gasteiger partial charge on any atom is 0.213 e. The second-order valence-corrected chi connectivity index (χ2v) is 8.71. The van der Waals surface area contributed by atoms with Crippen molar-refractivity contribution in [2.24, 2.45) is 10.9 Å². The molecule has 0 aliphatic carbocycles. The first-order chi connectivity index (χ1) is 13.6. The van der Waals surface area contributed by atoms with Crippen LogP contribution < -0.4 is 4.74 Å². The lowest BCUT2D eigenvalue weighted by Crippen LogP contribution is -2.50. The number of benzene rings is 1. The highest BCUT2D eigenvalue weighted by molar-refractivity contribution is 9.10. The Balaban J connectivity index is 1.50. The first kappa shape index (κ1) is 19.3. The van der Waals surface area contributed by atoms with Gasteiger partial charge in [0, 0.05) is 47.0 Å². The molecule has 2 atom stereocenters. The number of pyridine rings is 1. The molecule has 1 fully saturated rings. The van der Waals surface area contributed by atoms with Gasteiger partial charge in [0.05, 0.1) is 0 Å². The van der Waals surface area contributed by atoms with E-state index in [1.165, 1.54) is 5.56 Å². The van der Waals surface area contributed by atoms with Crippen LogP contribution in [-0.4, -0.2) is 34.7 Å². The molecule has 146 valence electrons. The normalized spacial score (nSPS) is 24.2. The second kappa shape index (κ2) is 8.58. The summed E-state index contributed by atoms with van der Waals surface area (Å²) in [7, 11) is 0. The van der Waals surface area contributed by atoms with Gasteiger partial charge in [-0.15, -0.1) is 0 Å². The zero-order valence-corrected chi connectivity index (χ0v) is 17.8. The molecule has 4 nitrogen and oxygen atoms in total. The van der Waals surface area contributed by atoms with Gasteiger partial charge < -0.3 is 4.74 Å². The summed E-state index contributed by atoms with van der Waals surface area (Å²) in [5, 5.41) is 0. The Hall–Kier alpha value is -1.98. The van der Waals surface area contributed by atoms with E-state index in [0.29, 0.717) is 11.8 Å². The number of hydrogen-bond acceptors (Lipinski definition) is 4. The third kappa shape index (κ3) is 4.36. The predicted molar refractivity (Wildman–Crippen MR) is 117 cm³/mol. The first-order valence-corrected chi connectivity index (χ1v) is 10.7. The summed E-state index contributed by atoms with van der Waals surface area (Å²) in [6, 6.07) is 14.3. The molecule has 0 N–H and O–H groups in total. The fraction of sp³-hybridized carbons (Fsp3) is 0.391. The molecule has 1 aromatic carbocycles. The van der Waals surface area contributed by atoms with E-state index in [2.05, 4.69) is 68.1 Å². The third-order valence-electron chi connectivity index (χ3n) is 5.90. The summed E-state index contributed by atoms with van der Waals surface area (Å²) < 4.78 is 7.49. The first-order valence-electron chi connectivity index (χ1n) is 9.92. The SMILES string of the molecule is CC1(N2CCC(C(Oc3ccccn3)c3ccc(Br)cc3)CC2)C=CN=CC1. The summed E-state index contributed by atoms with van der Waals surface area (Å²) in [4.78, 5) is 11.2. The quantitative estimate of drug-likeness (QED) is 0.623. The number of likely N-dealkylation sites (tertiary alicyclic amines) is 1. The lowest BCUT2D eigenvalue weighted by atomic mass is 9.84. The second-order valence-electron chi connectivity index (χ2n) is 7.79. The zero-order valence-electron chi connectivity index (χ0n) is 16.2. The van der Waals surface area contributed by atoms with Crippen LogP contribution >= 0.6 is 15.9 Å². The topological polar surface area (TPSA) is 37.7 Å². The van der Waals surface area contributed by atoms with Crippen LogP contribution in [0.15, 0.2) is 70.4 Å².